The van der Waals surface area contributed by atoms with E-state index >= 15 is 0 Å². The maximum atomic E-state index is 10.1. The first kappa shape index (κ1) is 22.8. The maximum absolute atomic E-state index is 10.1. The Kier molecular flexibility index (Phi) is 5.39. The van der Waals surface area contributed by atoms with E-state index < -0.39 is 0 Å². The summed E-state index contributed by atoms with van der Waals surface area (Å²) in [6.07, 6.45) is 2.09. The summed E-state index contributed by atoms with van der Waals surface area (Å²) in [5.74, 6) is 0. The van der Waals surface area contributed by atoms with Crippen LogP contribution in [0, 0.1) is 32.1 Å². The first-order chi connectivity index (χ1) is 18.0. The third-order valence-corrected chi connectivity index (χ3v) is 7.25. The van der Waals surface area contributed by atoms with Crippen molar-refractivity contribution in [2.75, 3.05) is 0 Å². The topological polar surface area (TPSA) is 40.8 Å². The van der Waals surface area contributed by atoms with Gasteiger partial charge in [-0.25, -0.2) is 4.57 Å². The van der Waals surface area contributed by atoms with Crippen LogP contribution in [0.1, 0.15) is 22.3 Å². The quantitative estimate of drug-likeness (QED) is 0.240. The lowest BCUT2D eigenvalue weighted by Gasteiger charge is -2.08. The summed E-state index contributed by atoms with van der Waals surface area (Å²) in [5.41, 5.74) is 12.0. The minimum atomic E-state index is 0.605. The van der Waals surface area contributed by atoms with Gasteiger partial charge in [0.1, 0.15) is 18.2 Å². The molecule has 0 fully saturated rings. The fraction of sp³-hybridized carbons (Fsp3) is 0.118. The summed E-state index contributed by atoms with van der Waals surface area (Å²) >= 11 is 0. The second-order valence-corrected chi connectivity index (χ2v) is 9.82. The number of hydrogen-bond acceptors (Lipinski definition) is 2. The lowest BCUT2D eigenvalue weighted by atomic mass is 9.93. The van der Waals surface area contributed by atoms with Crippen LogP contribution < -0.4 is 4.57 Å². The van der Waals surface area contributed by atoms with Gasteiger partial charge in [0, 0.05) is 28.5 Å². The fourth-order valence-corrected chi connectivity index (χ4v) is 5.48. The normalized spacial score (nSPS) is 11.2. The molecule has 37 heavy (non-hydrogen) atoms. The first-order valence-electron chi connectivity index (χ1n) is 12.5. The number of aromatic nitrogens is 1. The lowest BCUT2D eigenvalue weighted by Crippen LogP contribution is -2.30. The largest absolute Gasteiger partial charge is 0.454 e. The highest BCUT2D eigenvalue weighted by Gasteiger charge is 2.24. The van der Waals surface area contributed by atoms with Crippen molar-refractivity contribution < 1.29 is 8.98 Å². The second kappa shape index (κ2) is 8.76. The van der Waals surface area contributed by atoms with Crippen LogP contribution in [0.3, 0.4) is 0 Å². The summed E-state index contributed by atoms with van der Waals surface area (Å²) < 4.78 is 8.94. The van der Waals surface area contributed by atoms with Crippen molar-refractivity contribution in [1.29, 1.82) is 5.26 Å². The predicted octanol–water partition coefficient (Wildman–Crippen LogP) is 8.21. The molecule has 0 unspecified atom stereocenters. The van der Waals surface area contributed by atoms with Gasteiger partial charge in [0.15, 0.2) is 6.20 Å². The number of rotatable bonds is 3. The number of benzene rings is 4. The highest BCUT2D eigenvalue weighted by atomic mass is 16.3. The van der Waals surface area contributed by atoms with E-state index in [1.807, 2.05) is 36.4 Å². The number of aryl methyl sites for hydroxylation is 4. The van der Waals surface area contributed by atoms with Crippen LogP contribution in [0.4, 0.5) is 0 Å². The Labute approximate surface area is 216 Å². The molecule has 0 bridgehead atoms. The van der Waals surface area contributed by atoms with Crippen molar-refractivity contribution in [2.24, 2.45) is 7.05 Å². The van der Waals surface area contributed by atoms with Gasteiger partial charge in [0.25, 0.3) is 0 Å². The van der Waals surface area contributed by atoms with E-state index in [-0.39, 0.29) is 0 Å². The zero-order valence-electron chi connectivity index (χ0n) is 21.5. The highest BCUT2D eigenvalue weighted by Crippen LogP contribution is 2.43. The molecule has 3 nitrogen and oxygen atoms in total. The SMILES string of the molecule is Cc1cc[n+](C)c(-c2c(C)cc(C)c3c2oc2c(-c4cccc(-c5ccccc5)c4)c(C#N)ccc23)c1. The Morgan fingerprint density at radius 2 is 1.46 bits per heavy atom. The van der Waals surface area contributed by atoms with E-state index in [2.05, 4.69) is 93.2 Å². The van der Waals surface area contributed by atoms with E-state index in [9.17, 15) is 5.26 Å². The van der Waals surface area contributed by atoms with Crippen molar-refractivity contribution in [3.05, 3.63) is 113 Å². The molecule has 4 aromatic carbocycles. The molecule has 6 rings (SSSR count). The van der Waals surface area contributed by atoms with Gasteiger partial charge in [0.2, 0.25) is 5.69 Å². The van der Waals surface area contributed by atoms with Crippen molar-refractivity contribution in [2.45, 2.75) is 20.8 Å². The minimum Gasteiger partial charge on any atom is -0.454 e. The average molecular weight is 480 g/mol. The molecular formula is C34H27N2O+. The molecule has 3 heteroatoms. The van der Waals surface area contributed by atoms with Crippen molar-refractivity contribution in [1.82, 2.24) is 0 Å². The zero-order valence-corrected chi connectivity index (χ0v) is 21.5. The summed E-state index contributed by atoms with van der Waals surface area (Å²) in [6.45, 7) is 6.39. The van der Waals surface area contributed by atoms with Crippen LogP contribution in [0.25, 0.3) is 55.4 Å². The van der Waals surface area contributed by atoms with Gasteiger partial charge in [-0.3, -0.25) is 0 Å². The lowest BCUT2D eigenvalue weighted by molar-refractivity contribution is -0.660. The Bertz CT molecular complexity index is 1870. The zero-order chi connectivity index (χ0) is 25.7. The molecule has 0 N–H and O–H groups in total. The Hall–Kier alpha value is -4.68. The molecule has 0 aliphatic rings. The van der Waals surface area contributed by atoms with Gasteiger partial charge in [-0.1, -0.05) is 54.6 Å². The van der Waals surface area contributed by atoms with Gasteiger partial charge in [-0.2, -0.15) is 5.26 Å². The Balaban J connectivity index is 1.70. The molecule has 0 atom stereocenters. The van der Waals surface area contributed by atoms with E-state index in [1.165, 1.54) is 16.7 Å². The Morgan fingerprint density at radius 3 is 2.24 bits per heavy atom. The smallest absolute Gasteiger partial charge is 0.216 e. The van der Waals surface area contributed by atoms with Gasteiger partial charge in [-0.05, 0) is 72.4 Å². The number of pyridine rings is 1. The second-order valence-electron chi connectivity index (χ2n) is 9.82. The van der Waals surface area contributed by atoms with Gasteiger partial charge < -0.3 is 4.42 Å². The molecule has 2 heterocycles. The number of fused-ring (bicyclic) bond motifs is 3. The predicted molar refractivity (Wildman–Crippen MR) is 150 cm³/mol. The van der Waals surface area contributed by atoms with Crippen molar-refractivity contribution in [3.8, 4) is 39.6 Å². The average Bonchev–Trinajstić information content (AvgIpc) is 3.30. The monoisotopic (exact) mass is 479 g/mol. The third kappa shape index (κ3) is 3.70. The molecule has 178 valence electrons. The van der Waals surface area contributed by atoms with Crippen LogP contribution >= 0.6 is 0 Å². The van der Waals surface area contributed by atoms with E-state index in [0.29, 0.717) is 5.56 Å². The van der Waals surface area contributed by atoms with Crippen LogP contribution in [-0.4, -0.2) is 0 Å². The maximum Gasteiger partial charge on any atom is 0.216 e. The minimum absolute atomic E-state index is 0.605. The molecular weight excluding hydrogens is 452 g/mol. The van der Waals surface area contributed by atoms with Crippen LogP contribution in [0.15, 0.2) is 95.5 Å². The number of nitriles is 1. The van der Waals surface area contributed by atoms with Gasteiger partial charge in [0.05, 0.1) is 17.2 Å². The summed E-state index contributed by atoms with van der Waals surface area (Å²) in [6, 6.07) is 31.6. The molecule has 2 aromatic heterocycles. The summed E-state index contributed by atoms with van der Waals surface area (Å²) in [5, 5.41) is 12.2. The molecule has 0 radical (unpaired) electrons. The van der Waals surface area contributed by atoms with E-state index in [1.54, 1.807) is 0 Å². The molecule has 0 spiro atoms. The molecule has 0 saturated heterocycles. The highest BCUT2D eigenvalue weighted by molar-refractivity contribution is 6.15. The van der Waals surface area contributed by atoms with E-state index in [4.69, 9.17) is 4.42 Å². The van der Waals surface area contributed by atoms with Crippen LogP contribution in [-0.2, 0) is 7.05 Å². The third-order valence-electron chi connectivity index (χ3n) is 7.25. The number of nitrogens with zero attached hydrogens (tertiary/aromatic N) is 2. The van der Waals surface area contributed by atoms with Crippen LogP contribution in [0.5, 0.6) is 0 Å². The van der Waals surface area contributed by atoms with Crippen LogP contribution in [0.2, 0.25) is 0 Å². The molecule has 0 saturated carbocycles. The van der Waals surface area contributed by atoms with Crippen molar-refractivity contribution >= 4 is 21.9 Å². The Morgan fingerprint density at radius 1 is 0.703 bits per heavy atom. The standard InChI is InChI=1S/C34H27N2O/c1-21-15-16-36(4)29(17-21)31-23(3)18-22(2)30-28-14-13-27(20-35)32(33(28)37-34(30)31)26-12-8-11-25(19-26)24-9-6-5-7-10-24/h5-19H,1-4H3/q+1. The molecule has 0 aliphatic heterocycles. The van der Waals surface area contributed by atoms with E-state index in [0.717, 1.165) is 55.4 Å². The number of furan rings is 1. The molecule has 0 aliphatic carbocycles. The van der Waals surface area contributed by atoms with Crippen molar-refractivity contribution in [3.63, 3.8) is 0 Å². The number of hydrogen-bond donors (Lipinski definition) is 0. The first-order valence-corrected chi connectivity index (χ1v) is 12.5. The summed E-state index contributed by atoms with van der Waals surface area (Å²) in [7, 11) is 2.07. The molecule has 0 amide bonds. The summed E-state index contributed by atoms with van der Waals surface area (Å²) in [4.78, 5) is 0. The van der Waals surface area contributed by atoms with Gasteiger partial charge in [-0.15, -0.1) is 0 Å². The fourth-order valence-electron chi connectivity index (χ4n) is 5.48. The van der Waals surface area contributed by atoms with Gasteiger partial charge >= 0.3 is 0 Å². The molecule has 6 aromatic rings.